The summed E-state index contributed by atoms with van der Waals surface area (Å²) in [5, 5.41) is 11.3. The fourth-order valence-electron chi connectivity index (χ4n) is 2.61. The van der Waals surface area contributed by atoms with Gasteiger partial charge in [-0.2, -0.15) is 0 Å². The van der Waals surface area contributed by atoms with Gasteiger partial charge in [-0.3, -0.25) is 4.57 Å². The average molecular weight is 257 g/mol. The number of anilines is 1. The van der Waals surface area contributed by atoms with Crippen LogP contribution < -0.4 is 5.32 Å². The first-order valence-electron chi connectivity index (χ1n) is 6.71. The molecular formula is C14H19N5. The second kappa shape index (κ2) is 5.40. The molecule has 0 bridgehead atoms. The van der Waals surface area contributed by atoms with Crippen LogP contribution in [0.15, 0.2) is 36.9 Å². The molecule has 2 heterocycles. The predicted octanol–water partition coefficient (Wildman–Crippen LogP) is 1.77. The van der Waals surface area contributed by atoms with Crippen LogP contribution >= 0.6 is 0 Å². The van der Waals surface area contributed by atoms with Gasteiger partial charge < -0.3 is 10.2 Å². The molecule has 1 saturated heterocycles. The van der Waals surface area contributed by atoms with Crippen LogP contribution in [-0.2, 0) is 0 Å². The van der Waals surface area contributed by atoms with E-state index in [2.05, 4.69) is 51.7 Å². The van der Waals surface area contributed by atoms with Gasteiger partial charge in [0.1, 0.15) is 12.7 Å². The number of hydrogen-bond acceptors (Lipinski definition) is 4. The van der Waals surface area contributed by atoms with Crippen molar-refractivity contribution in [1.82, 2.24) is 19.7 Å². The minimum atomic E-state index is 0.537. The summed E-state index contributed by atoms with van der Waals surface area (Å²) >= 11 is 0. The van der Waals surface area contributed by atoms with Gasteiger partial charge in [0, 0.05) is 18.3 Å². The van der Waals surface area contributed by atoms with Crippen molar-refractivity contribution in [2.45, 2.75) is 18.9 Å². The molecule has 0 aliphatic carbocycles. The maximum Gasteiger partial charge on any atom is 0.123 e. The zero-order valence-electron chi connectivity index (χ0n) is 11.2. The Kier molecular flexibility index (Phi) is 3.46. The highest BCUT2D eigenvalue weighted by Gasteiger charge is 2.16. The lowest BCUT2D eigenvalue weighted by Gasteiger charge is -2.31. The Bertz CT molecular complexity index is 522. The smallest absolute Gasteiger partial charge is 0.123 e. The van der Waals surface area contributed by atoms with Crippen LogP contribution in [0.5, 0.6) is 0 Å². The summed E-state index contributed by atoms with van der Waals surface area (Å²) in [4.78, 5) is 2.38. The molecular weight excluding hydrogens is 238 g/mol. The molecule has 3 rings (SSSR count). The first-order valence-corrected chi connectivity index (χ1v) is 6.71. The number of nitrogens with zero attached hydrogens (tertiary/aromatic N) is 4. The number of likely N-dealkylation sites (tertiary alicyclic amines) is 1. The minimum absolute atomic E-state index is 0.537. The van der Waals surface area contributed by atoms with Crippen LogP contribution in [0.4, 0.5) is 5.69 Å². The molecule has 0 radical (unpaired) electrons. The standard InChI is InChI=1S/C14H19N5/c1-18-7-3-5-13(9-18)17-12-4-2-6-14(8-12)19-10-15-16-11-19/h2,4,6,8,10-11,13,17H,3,5,7,9H2,1H3. The molecule has 2 aromatic rings. The molecule has 1 aromatic carbocycles. The quantitative estimate of drug-likeness (QED) is 0.910. The molecule has 1 atom stereocenters. The Morgan fingerprint density at radius 3 is 2.89 bits per heavy atom. The van der Waals surface area contributed by atoms with Gasteiger partial charge in [0.25, 0.3) is 0 Å². The van der Waals surface area contributed by atoms with Crippen molar-refractivity contribution in [3.63, 3.8) is 0 Å². The van der Waals surface area contributed by atoms with Crippen molar-refractivity contribution in [2.24, 2.45) is 0 Å². The van der Waals surface area contributed by atoms with E-state index in [1.54, 1.807) is 12.7 Å². The van der Waals surface area contributed by atoms with Crippen molar-refractivity contribution >= 4 is 5.69 Å². The molecule has 1 aliphatic heterocycles. The van der Waals surface area contributed by atoms with Gasteiger partial charge in [-0.25, -0.2) is 0 Å². The largest absolute Gasteiger partial charge is 0.381 e. The number of nitrogens with one attached hydrogen (secondary N) is 1. The summed E-state index contributed by atoms with van der Waals surface area (Å²) in [5.41, 5.74) is 2.24. The molecule has 1 aliphatic rings. The van der Waals surface area contributed by atoms with Gasteiger partial charge in [0.05, 0.1) is 5.69 Å². The maximum absolute atomic E-state index is 3.84. The van der Waals surface area contributed by atoms with E-state index in [4.69, 9.17) is 0 Å². The zero-order valence-corrected chi connectivity index (χ0v) is 11.2. The van der Waals surface area contributed by atoms with Crippen LogP contribution in [0, 0.1) is 0 Å². The zero-order chi connectivity index (χ0) is 13.1. The normalized spacial score (nSPS) is 20.4. The molecule has 5 nitrogen and oxygen atoms in total. The number of likely N-dealkylation sites (N-methyl/N-ethyl adjacent to an activating group) is 1. The van der Waals surface area contributed by atoms with E-state index in [9.17, 15) is 0 Å². The van der Waals surface area contributed by atoms with Crippen molar-refractivity contribution in [2.75, 3.05) is 25.5 Å². The van der Waals surface area contributed by atoms with Crippen molar-refractivity contribution in [3.8, 4) is 5.69 Å². The summed E-state index contributed by atoms with van der Waals surface area (Å²) in [6.07, 6.45) is 5.93. The molecule has 0 saturated carbocycles. The molecule has 0 amide bonds. The van der Waals surface area contributed by atoms with Crippen LogP contribution in [0.3, 0.4) is 0 Å². The van der Waals surface area contributed by atoms with E-state index in [-0.39, 0.29) is 0 Å². The summed E-state index contributed by atoms with van der Waals surface area (Å²) in [7, 11) is 2.18. The van der Waals surface area contributed by atoms with E-state index in [1.807, 2.05) is 4.57 Å². The van der Waals surface area contributed by atoms with Gasteiger partial charge in [0.15, 0.2) is 0 Å². The molecule has 5 heteroatoms. The average Bonchev–Trinajstić information content (AvgIpc) is 2.93. The Morgan fingerprint density at radius 1 is 1.26 bits per heavy atom. The van der Waals surface area contributed by atoms with Gasteiger partial charge >= 0.3 is 0 Å². The van der Waals surface area contributed by atoms with Crippen molar-refractivity contribution in [3.05, 3.63) is 36.9 Å². The monoisotopic (exact) mass is 257 g/mol. The Hall–Kier alpha value is -1.88. The number of aromatic nitrogens is 3. The highest BCUT2D eigenvalue weighted by Crippen LogP contribution is 2.18. The first kappa shape index (κ1) is 12.2. The minimum Gasteiger partial charge on any atom is -0.381 e. The third-order valence-corrected chi connectivity index (χ3v) is 3.56. The molecule has 1 unspecified atom stereocenters. The van der Waals surface area contributed by atoms with Crippen LogP contribution in [-0.4, -0.2) is 45.8 Å². The third kappa shape index (κ3) is 2.93. The number of piperidine rings is 1. The predicted molar refractivity (Wildman–Crippen MR) is 75.5 cm³/mol. The van der Waals surface area contributed by atoms with Crippen LogP contribution in [0.1, 0.15) is 12.8 Å². The number of hydrogen-bond donors (Lipinski definition) is 1. The fraction of sp³-hybridized carbons (Fsp3) is 0.429. The van der Waals surface area contributed by atoms with Gasteiger partial charge in [-0.05, 0) is 44.6 Å². The van der Waals surface area contributed by atoms with Gasteiger partial charge in [0.2, 0.25) is 0 Å². The summed E-state index contributed by atoms with van der Waals surface area (Å²) in [5.74, 6) is 0. The van der Waals surface area contributed by atoms with E-state index >= 15 is 0 Å². The van der Waals surface area contributed by atoms with Crippen LogP contribution in [0.25, 0.3) is 5.69 Å². The Morgan fingerprint density at radius 2 is 2.11 bits per heavy atom. The van der Waals surface area contributed by atoms with E-state index in [0.29, 0.717) is 6.04 Å². The Balaban J connectivity index is 1.73. The number of rotatable bonds is 3. The highest BCUT2D eigenvalue weighted by molar-refractivity contribution is 5.51. The first-order chi connectivity index (χ1) is 9.31. The summed E-state index contributed by atoms with van der Waals surface area (Å²) in [6, 6.07) is 8.90. The van der Waals surface area contributed by atoms with E-state index in [0.717, 1.165) is 17.9 Å². The summed E-state index contributed by atoms with van der Waals surface area (Å²) < 4.78 is 1.91. The highest BCUT2D eigenvalue weighted by atomic mass is 15.2. The van der Waals surface area contributed by atoms with Crippen molar-refractivity contribution < 1.29 is 0 Å². The third-order valence-electron chi connectivity index (χ3n) is 3.56. The summed E-state index contributed by atoms with van der Waals surface area (Å²) in [6.45, 7) is 2.32. The SMILES string of the molecule is CN1CCCC(Nc2cccc(-n3cnnc3)c2)C1. The lowest BCUT2D eigenvalue weighted by atomic mass is 10.1. The lowest BCUT2D eigenvalue weighted by molar-refractivity contribution is 0.261. The second-order valence-electron chi connectivity index (χ2n) is 5.17. The number of benzene rings is 1. The molecule has 100 valence electrons. The van der Waals surface area contributed by atoms with E-state index in [1.165, 1.54) is 19.4 Å². The lowest BCUT2D eigenvalue weighted by Crippen LogP contribution is -2.39. The second-order valence-corrected chi connectivity index (χ2v) is 5.17. The van der Waals surface area contributed by atoms with E-state index < -0.39 is 0 Å². The fourth-order valence-corrected chi connectivity index (χ4v) is 2.61. The topological polar surface area (TPSA) is 46.0 Å². The van der Waals surface area contributed by atoms with Gasteiger partial charge in [-0.1, -0.05) is 6.07 Å². The molecule has 1 fully saturated rings. The molecule has 1 aromatic heterocycles. The maximum atomic E-state index is 3.84. The van der Waals surface area contributed by atoms with Crippen molar-refractivity contribution in [1.29, 1.82) is 0 Å². The van der Waals surface area contributed by atoms with Gasteiger partial charge in [-0.15, -0.1) is 10.2 Å². The van der Waals surface area contributed by atoms with Crippen LogP contribution in [0.2, 0.25) is 0 Å². The molecule has 1 N–H and O–H groups in total. The molecule has 19 heavy (non-hydrogen) atoms. The molecule has 0 spiro atoms. The Labute approximate surface area is 113 Å².